The molecule has 1 aliphatic carbocycles. The summed E-state index contributed by atoms with van der Waals surface area (Å²) in [5.41, 5.74) is 2.93. The number of hydrogen-bond acceptors (Lipinski definition) is 6. The summed E-state index contributed by atoms with van der Waals surface area (Å²) in [6.07, 6.45) is 2.70. The second-order valence-electron chi connectivity index (χ2n) is 10.8. The maximum absolute atomic E-state index is 14.0. The van der Waals surface area contributed by atoms with Crippen LogP contribution in [0.2, 0.25) is 5.02 Å². The Bertz CT molecular complexity index is 1520. The molecule has 7 nitrogen and oxygen atoms in total. The Balaban J connectivity index is 1.61. The van der Waals surface area contributed by atoms with Crippen molar-refractivity contribution in [3.05, 3.63) is 76.2 Å². The number of benzene rings is 2. The van der Waals surface area contributed by atoms with Gasteiger partial charge in [-0.3, -0.25) is 4.98 Å². The van der Waals surface area contributed by atoms with Crippen LogP contribution < -0.4 is 10.6 Å². The molecule has 196 valence electrons. The molecule has 5 rings (SSSR count). The number of fused-ring (bicyclic) bond motifs is 1. The lowest BCUT2D eigenvalue weighted by molar-refractivity contribution is 0.150. The zero-order valence-electron chi connectivity index (χ0n) is 21.3. The fourth-order valence-corrected chi connectivity index (χ4v) is 4.63. The van der Waals surface area contributed by atoms with Crippen LogP contribution in [-0.4, -0.2) is 26.5 Å². The third kappa shape index (κ3) is 5.41. The van der Waals surface area contributed by atoms with Crippen molar-refractivity contribution >= 4 is 33.9 Å². The quantitative estimate of drug-likeness (QED) is 0.246. The van der Waals surface area contributed by atoms with Crippen molar-refractivity contribution in [2.75, 3.05) is 17.2 Å². The van der Waals surface area contributed by atoms with Crippen LogP contribution in [0.4, 0.5) is 20.2 Å². The van der Waals surface area contributed by atoms with Gasteiger partial charge in [-0.2, -0.15) is 5.26 Å². The second-order valence-corrected chi connectivity index (χ2v) is 11.2. The lowest BCUT2D eigenvalue weighted by Crippen LogP contribution is -2.20. The smallest absolute Gasteiger partial charge is 0.264 e. The predicted molar refractivity (Wildman–Crippen MR) is 145 cm³/mol. The number of nitrogens with zero attached hydrogens (tertiary/aromatic N) is 5. The van der Waals surface area contributed by atoms with Gasteiger partial charge in [0.2, 0.25) is 0 Å². The molecular formula is C28H28ClF2N7. The molecule has 10 heteroatoms. The predicted octanol–water partition coefficient (Wildman–Crippen LogP) is 7.28. The van der Waals surface area contributed by atoms with Gasteiger partial charge in [-0.15, -0.1) is 5.10 Å². The van der Waals surface area contributed by atoms with Crippen molar-refractivity contribution in [2.24, 2.45) is 5.41 Å². The Morgan fingerprint density at radius 3 is 2.58 bits per heavy atom. The molecule has 0 radical (unpaired) electrons. The first-order valence-corrected chi connectivity index (χ1v) is 12.8. The number of rotatable bonds is 8. The van der Waals surface area contributed by atoms with E-state index >= 15 is 0 Å². The van der Waals surface area contributed by atoms with Crippen LogP contribution in [0.15, 0.2) is 48.8 Å². The van der Waals surface area contributed by atoms with Gasteiger partial charge in [0.15, 0.2) is 0 Å². The summed E-state index contributed by atoms with van der Waals surface area (Å²) in [6.45, 7) is 6.89. The Kier molecular flexibility index (Phi) is 6.93. The molecule has 0 saturated heterocycles. The van der Waals surface area contributed by atoms with Gasteiger partial charge in [0, 0.05) is 29.4 Å². The lowest BCUT2D eigenvalue weighted by Gasteiger charge is -2.23. The van der Waals surface area contributed by atoms with Gasteiger partial charge in [0.05, 0.1) is 40.1 Å². The van der Waals surface area contributed by atoms with E-state index in [-0.39, 0.29) is 11.0 Å². The summed E-state index contributed by atoms with van der Waals surface area (Å²) >= 11 is 6.67. The Labute approximate surface area is 224 Å². The van der Waals surface area contributed by atoms with Crippen molar-refractivity contribution in [1.29, 1.82) is 5.26 Å². The van der Waals surface area contributed by atoms with Crippen LogP contribution in [0, 0.1) is 16.7 Å². The molecule has 0 amide bonds. The van der Waals surface area contributed by atoms with E-state index in [1.807, 2.05) is 12.3 Å². The molecule has 2 aromatic carbocycles. The van der Waals surface area contributed by atoms with Gasteiger partial charge in [-0.25, -0.2) is 13.5 Å². The molecule has 38 heavy (non-hydrogen) atoms. The van der Waals surface area contributed by atoms with Gasteiger partial charge in [-0.05, 0) is 36.0 Å². The third-order valence-corrected chi connectivity index (χ3v) is 6.73. The molecule has 0 bridgehead atoms. The van der Waals surface area contributed by atoms with Gasteiger partial charge >= 0.3 is 0 Å². The van der Waals surface area contributed by atoms with E-state index in [1.54, 1.807) is 28.9 Å². The van der Waals surface area contributed by atoms with Gasteiger partial charge in [-0.1, -0.05) is 61.9 Å². The highest BCUT2D eigenvalue weighted by Gasteiger charge is 2.29. The molecule has 0 spiro atoms. The Hall–Kier alpha value is -3.77. The van der Waals surface area contributed by atoms with Crippen molar-refractivity contribution in [1.82, 2.24) is 20.0 Å². The van der Waals surface area contributed by atoms with Crippen molar-refractivity contribution in [3.63, 3.8) is 0 Å². The average Bonchev–Trinajstić information content (AvgIpc) is 3.62. The van der Waals surface area contributed by atoms with Crippen molar-refractivity contribution in [2.45, 2.75) is 52.1 Å². The van der Waals surface area contributed by atoms with E-state index in [2.05, 4.69) is 52.8 Å². The lowest BCUT2D eigenvalue weighted by atomic mass is 9.96. The van der Waals surface area contributed by atoms with Crippen molar-refractivity contribution < 1.29 is 8.78 Å². The van der Waals surface area contributed by atoms with E-state index < -0.39 is 12.5 Å². The third-order valence-electron chi connectivity index (χ3n) is 6.44. The van der Waals surface area contributed by atoms with E-state index in [4.69, 9.17) is 11.6 Å². The number of hydrogen-bond donors (Lipinski definition) is 2. The minimum absolute atomic E-state index is 0.0422. The minimum Gasteiger partial charge on any atom is -0.383 e. The molecule has 1 aliphatic rings. The zero-order valence-corrected chi connectivity index (χ0v) is 22.1. The van der Waals surface area contributed by atoms with Gasteiger partial charge in [0.1, 0.15) is 11.8 Å². The molecule has 1 fully saturated rings. The Morgan fingerprint density at radius 2 is 1.92 bits per heavy atom. The first-order chi connectivity index (χ1) is 18.1. The number of aromatic nitrogens is 4. The number of pyridine rings is 1. The maximum atomic E-state index is 14.0. The monoisotopic (exact) mass is 535 g/mol. The van der Waals surface area contributed by atoms with E-state index in [9.17, 15) is 14.0 Å². The number of anilines is 2. The minimum atomic E-state index is -2.66. The highest BCUT2D eigenvalue weighted by molar-refractivity contribution is 6.35. The number of halogens is 3. The second kappa shape index (κ2) is 10.2. The summed E-state index contributed by atoms with van der Waals surface area (Å²) in [7, 11) is 0. The summed E-state index contributed by atoms with van der Waals surface area (Å²) in [4.78, 5) is 4.41. The molecular weight excluding hydrogens is 508 g/mol. The zero-order chi connectivity index (χ0) is 27.0. The molecule has 2 aromatic heterocycles. The van der Waals surface area contributed by atoms with Crippen LogP contribution in [0.5, 0.6) is 0 Å². The molecule has 2 heterocycles. The molecule has 1 saturated carbocycles. The molecule has 4 aromatic rings. The summed E-state index contributed by atoms with van der Waals surface area (Å²) in [5.74, 6) is 0. The largest absolute Gasteiger partial charge is 0.383 e. The van der Waals surface area contributed by atoms with Crippen LogP contribution >= 0.6 is 11.6 Å². The fourth-order valence-electron chi connectivity index (χ4n) is 4.36. The summed E-state index contributed by atoms with van der Waals surface area (Å²) in [5, 5.41) is 26.1. The highest BCUT2D eigenvalue weighted by Crippen LogP contribution is 2.39. The van der Waals surface area contributed by atoms with E-state index in [1.165, 1.54) is 12.3 Å². The topological polar surface area (TPSA) is 91.5 Å². The average molecular weight is 536 g/mol. The number of nitriles is 1. The van der Waals surface area contributed by atoms with Crippen molar-refractivity contribution in [3.8, 4) is 6.07 Å². The normalized spacial score (nSPS) is 14.5. The summed E-state index contributed by atoms with van der Waals surface area (Å²) < 4.78 is 29.9. The fraction of sp³-hybridized carbons (Fsp3) is 0.357. The van der Waals surface area contributed by atoms with Crippen LogP contribution in [0.25, 0.3) is 10.9 Å². The van der Waals surface area contributed by atoms with Gasteiger partial charge < -0.3 is 10.6 Å². The van der Waals surface area contributed by atoms with Crippen LogP contribution in [0.1, 0.15) is 74.5 Å². The van der Waals surface area contributed by atoms with E-state index in [0.717, 1.165) is 12.8 Å². The summed E-state index contributed by atoms with van der Waals surface area (Å²) in [6, 6.07) is 11.7. The standard InChI is InChI=1S/C28H28ClF2N7/c1-28(2,3)15-34-24-16(12-32)13-33-25-21(24)10-17(11-22(25)29)35-26(19-6-4-5-7-20(19)27(30)31)23-14-38(37-36-23)18-8-9-18/h4-7,10-11,13-14,18,26-27,35H,8-9,15H2,1-3H3,(H,33,34). The maximum Gasteiger partial charge on any atom is 0.264 e. The highest BCUT2D eigenvalue weighted by atomic mass is 35.5. The number of alkyl halides is 2. The van der Waals surface area contributed by atoms with E-state index in [0.29, 0.717) is 56.7 Å². The Morgan fingerprint density at radius 1 is 1.18 bits per heavy atom. The molecule has 2 N–H and O–H groups in total. The SMILES string of the molecule is CC(C)(C)CNc1c(C#N)cnc2c(Cl)cc(NC(c3cn(C4CC4)nn3)c3ccccc3C(F)F)cc12. The van der Waals surface area contributed by atoms with Gasteiger partial charge in [0.25, 0.3) is 6.43 Å². The van der Waals surface area contributed by atoms with Crippen LogP contribution in [0.3, 0.4) is 0 Å². The number of nitrogens with one attached hydrogen (secondary N) is 2. The first-order valence-electron chi connectivity index (χ1n) is 12.5. The molecule has 1 atom stereocenters. The first kappa shape index (κ1) is 25.9. The molecule has 0 aliphatic heterocycles. The molecule has 1 unspecified atom stereocenters. The van der Waals surface area contributed by atoms with Crippen LogP contribution in [-0.2, 0) is 0 Å².